The van der Waals surface area contributed by atoms with Crippen molar-refractivity contribution in [2.24, 2.45) is 7.05 Å². The summed E-state index contributed by atoms with van der Waals surface area (Å²) in [5.41, 5.74) is 5.20. The summed E-state index contributed by atoms with van der Waals surface area (Å²) in [5, 5.41) is 0. The van der Waals surface area contributed by atoms with Crippen LogP contribution in [0.1, 0.15) is 34.8 Å². The van der Waals surface area contributed by atoms with Gasteiger partial charge in [0.15, 0.2) is 0 Å². The molecule has 4 aromatic rings. The van der Waals surface area contributed by atoms with Gasteiger partial charge in [-0.25, -0.2) is 15.0 Å². The number of nitrogens with zero attached hydrogens (tertiary/aromatic N) is 6. The number of amides is 1. The maximum Gasteiger partial charge on any atom is 0.253 e. The highest BCUT2D eigenvalue weighted by atomic mass is 16.2. The quantitative estimate of drug-likeness (QED) is 0.583. The molecule has 1 aliphatic rings. The monoisotopic (exact) mass is 387 g/mol. The SMILES string of the molecule is Cn1cncc1-c1cncc(C2CCN(C(=O)c3ccc4nc[nH]c4c3)CC2)n1. The maximum absolute atomic E-state index is 12.9. The lowest BCUT2D eigenvalue weighted by Crippen LogP contribution is -2.38. The van der Waals surface area contributed by atoms with Crippen molar-refractivity contribution in [3.8, 4) is 11.4 Å². The number of hydrogen-bond acceptors (Lipinski definition) is 5. The van der Waals surface area contributed by atoms with Crippen LogP contribution in [-0.4, -0.2) is 53.4 Å². The van der Waals surface area contributed by atoms with Crippen molar-refractivity contribution >= 4 is 16.9 Å². The van der Waals surface area contributed by atoms with Gasteiger partial charge in [0.25, 0.3) is 5.91 Å². The van der Waals surface area contributed by atoms with Gasteiger partial charge in [0, 0.05) is 37.8 Å². The van der Waals surface area contributed by atoms with Crippen LogP contribution in [0.5, 0.6) is 0 Å². The first-order valence-corrected chi connectivity index (χ1v) is 9.70. The third-order valence-corrected chi connectivity index (χ3v) is 5.60. The molecule has 3 aromatic heterocycles. The molecule has 1 aliphatic heterocycles. The van der Waals surface area contributed by atoms with Crippen LogP contribution in [0.3, 0.4) is 0 Å². The van der Waals surface area contributed by atoms with Gasteiger partial charge in [0.2, 0.25) is 0 Å². The van der Waals surface area contributed by atoms with Crippen molar-refractivity contribution < 1.29 is 4.79 Å². The van der Waals surface area contributed by atoms with E-state index in [1.165, 1.54) is 0 Å². The fourth-order valence-electron chi connectivity index (χ4n) is 3.93. The molecular formula is C21H21N7O. The summed E-state index contributed by atoms with van der Waals surface area (Å²) in [6, 6.07) is 5.60. The van der Waals surface area contributed by atoms with E-state index in [-0.39, 0.29) is 5.91 Å². The van der Waals surface area contributed by atoms with Crippen molar-refractivity contribution in [2.75, 3.05) is 13.1 Å². The molecule has 0 unspecified atom stereocenters. The standard InChI is InChI=1S/C21H21N7O/c1-27-13-23-11-20(27)19-10-22-9-18(26-19)14-4-6-28(7-5-14)21(29)15-2-3-16-17(8-15)25-12-24-16/h2-3,8-14H,4-7H2,1H3,(H,24,25). The molecular weight excluding hydrogens is 366 g/mol. The predicted molar refractivity (Wildman–Crippen MR) is 108 cm³/mol. The zero-order valence-electron chi connectivity index (χ0n) is 16.1. The smallest absolute Gasteiger partial charge is 0.253 e. The number of benzene rings is 1. The van der Waals surface area contributed by atoms with Crippen LogP contribution in [0.25, 0.3) is 22.4 Å². The van der Waals surface area contributed by atoms with Crippen molar-refractivity contribution in [3.05, 3.63) is 60.7 Å². The van der Waals surface area contributed by atoms with Gasteiger partial charge in [-0.2, -0.15) is 0 Å². The van der Waals surface area contributed by atoms with Gasteiger partial charge in [-0.1, -0.05) is 0 Å². The van der Waals surface area contributed by atoms with Gasteiger partial charge < -0.3 is 14.5 Å². The summed E-state index contributed by atoms with van der Waals surface area (Å²) >= 11 is 0. The first-order valence-electron chi connectivity index (χ1n) is 9.70. The first kappa shape index (κ1) is 17.5. The van der Waals surface area contributed by atoms with Gasteiger partial charge >= 0.3 is 0 Å². The van der Waals surface area contributed by atoms with E-state index in [1.54, 1.807) is 25.0 Å². The van der Waals surface area contributed by atoms with E-state index in [4.69, 9.17) is 4.98 Å². The van der Waals surface area contributed by atoms with Gasteiger partial charge in [-0.05, 0) is 31.0 Å². The lowest BCUT2D eigenvalue weighted by atomic mass is 9.93. The number of likely N-dealkylation sites (tertiary alicyclic amines) is 1. The van der Waals surface area contributed by atoms with E-state index in [0.717, 1.165) is 41.0 Å². The average Bonchev–Trinajstić information content (AvgIpc) is 3.41. The summed E-state index contributed by atoms with van der Waals surface area (Å²) < 4.78 is 1.94. The first-order chi connectivity index (χ1) is 14.2. The lowest BCUT2D eigenvalue weighted by molar-refractivity contribution is 0.0712. The third kappa shape index (κ3) is 3.26. The second-order valence-corrected chi connectivity index (χ2v) is 7.42. The van der Waals surface area contributed by atoms with Crippen LogP contribution in [0, 0.1) is 0 Å². The minimum absolute atomic E-state index is 0.0645. The Morgan fingerprint density at radius 3 is 2.79 bits per heavy atom. The number of piperidine rings is 1. The topological polar surface area (TPSA) is 92.6 Å². The molecule has 1 aromatic carbocycles. The van der Waals surface area contributed by atoms with Gasteiger partial charge in [0.1, 0.15) is 5.69 Å². The minimum Gasteiger partial charge on any atom is -0.345 e. The van der Waals surface area contributed by atoms with E-state index in [0.29, 0.717) is 24.6 Å². The zero-order chi connectivity index (χ0) is 19.8. The molecule has 0 saturated carbocycles. The molecule has 5 rings (SSSR count). The predicted octanol–water partition coefficient (Wildman–Crippen LogP) is 2.77. The Morgan fingerprint density at radius 1 is 1.14 bits per heavy atom. The maximum atomic E-state index is 12.9. The van der Waals surface area contributed by atoms with Crippen LogP contribution in [0.4, 0.5) is 0 Å². The van der Waals surface area contributed by atoms with Gasteiger partial charge in [-0.15, -0.1) is 0 Å². The second kappa shape index (κ2) is 7.12. The van der Waals surface area contributed by atoms with Crippen LogP contribution in [0.15, 0.2) is 49.4 Å². The highest BCUT2D eigenvalue weighted by Gasteiger charge is 2.26. The number of fused-ring (bicyclic) bond motifs is 1. The molecule has 0 atom stereocenters. The summed E-state index contributed by atoms with van der Waals surface area (Å²) in [6.45, 7) is 1.42. The van der Waals surface area contributed by atoms with Crippen molar-refractivity contribution in [2.45, 2.75) is 18.8 Å². The molecule has 8 heteroatoms. The van der Waals surface area contributed by atoms with Crippen LogP contribution < -0.4 is 0 Å². The number of hydrogen-bond donors (Lipinski definition) is 1. The number of nitrogens with one attached hydrogen (secondary N) is 1. The fourth-order valence-corrected chi connectivity index (χ4v) is 3.93. The Labute approximate surface area is 167 Å². The van der Waals surface area contributed by atoms with Crippen molar-refractivity contribution in [1.82, 2.24) is 34.4 Å². The molecule has 1 saturated heterocycles. The van der Waals surface area contributed by atoms with Crippen molar-refractivity contribution in [1.29, 1.82) is 0 Å². The molecule has 8 nitrogen and oxygen atoms in total. The number of aromatic nitrogens is 6. The second-order valence-electron chi connectivity index (χ2n) is 7.42. The summed E-state index contributed by atoms with van der Waals surface area (Å²) in [6.07, 6.45) is 10.6. The number of rotatable bonds is 3. The summed E-state index contributed by atoms with van der Waals surface area (Å²) in [7, 11) is 1.95. The number of carbonyl (C=O) groups excluding carboxylic acids is 1. The Morgan fingerprint density at radius 2 is 2.00 bits per heavy atom. The largest absolute Gasteiger partial charge is 0.345 e. The van der Waals surface area contributed by atoms with Crippen LogP contribution in [-0.2, 0) is 7.05 Å². The van der Waals surface area contributed by atoms with Gasteiger partial charge in [-0.3, -0.25) is 9.78 Å². The Hall–Kier alpha value is -3.55. The number of aryl methyl sites for hydroxylation is 1. The van der Waals surface area contributed by atoms with E-state index >= 15 is 0 Å². The molecule has 0 spiro atoms. The Kier molecular flexibility index (Phi) is 4.31. The molecule has 146 valence electrons. The third-order valence-electron chi connectivity index (χ3n) is 5.60. The van der Waals surface area contributed by atoms with E-state index in [2.05, 4.69) is 19.9 Å². The fraction of sp³-hybridized carbons (Fsp3) is 0.286. The zero-order valence-corrected chi connectivity index (χ0v) is 16.1. The van der Waals surface area contributed by atoms with Crippen molar-refractivity contribution in [3.63, 3.8) is 0 Å². The van der Waals surface area contributed by atoms with E-state index < -0.39 is 0 Å². The molecule has 1 N–H and O–H groups in total. The van der Waals surface area contributed by atoms with E-state index in [9.17, 15) is 4.79 Å². The molecule has 4 heterocycles. The molecule has 1 fully saturated rings. The van der Waals surface area contributed by atoms with E-state index in [1.807, 2.05) is 40.9 Å². The minimum atomic E-state index is 0.0645. The molecule has 29 heavy (non-hydrogen) atoms. The lowest BCUT2D eigenvalue weighted by Gasteiger charge is -2.31. The Balaban J connectivity index is 1.29. The number of imidazole rings is 2. The average molecular weight is 387 g/mol. The summed E-state index contributed by atoms with van der Waals surface area (Å²) in [5.74, 6) is 0.365. The van der Waals surface area contributed by atoms with Crippen LogP contribution >= 0.6 is 0 Å². The Bertz CT molecular complexity index is 1170. The van der Waals surface area contributed by atoms with Gasteiger partial charge in [0.05, 0.1) is 47.5 Å². The van der Waals surface area contributed by atoms with Crippen LogP contribution in [0.2, 0.25) is 0 Å². The highest BCUT2D eigenvalue weighted by molar-refractivity contribution is 5.97. The number of H-pyrrole nitrogens is 1. The normalized spacial score (nSPS) is 15.1. The number of aromatic amines is 1. The molecule has 0 aliphatic carbocycles. The summed E-state index contributed by atoms with van der Waals surface area (Å²) in [4.78, 5) is 35.5. The molecule has 0 radical (unpaired) electrons. The molecule has 0 bridgehead atoms. The highest BCUT2D eigenvalue weighted by Crippen LogP contribution is 2.28. The number of carbonyl (C=O) groups is 1. The molecule has 1 amide bonds.